The highest BCUT2D eigenvalue weighted by Crippen LogP contribution is 2.29. The van der Waals surface area contributed by atoms with Crippen molar-refractivity contribution in [1.29, 1.82) is 0 Å². The summed E-state index contributed by atoms with van der Waals surface area (Å²) in [6.45, 7) is 0. The van der Waals surface area contributed by atoms with Crippen molar-refractivity contribution in [2.45, 2.75) is 0 Å². The van der Waals surface area contributed by atoms with Crippen LogP contribution in [0.5, 0.6) is 0 Å². The Morgan fingerprint density at radius 3 is 2.24 bits per heavy atom. The first-order valence-corrected chi connectivity index (χ1v) is 6.44. The van der Waals surface area contributed by atoms with Crippen molar-refractivity contribution >= 4 is 22.2 Å². The van der Waals surface area contributed by atoms with Gasteiger partial charge < -0.3 is 0 Å². The van der Waals surface area contributed by atoms with Crippen molar-refractivity contribution in [2.75, 3.05) is 0 Å². The zero-order valence-corrected chi connectivity index (χ0v) is 11.0. The second-order valence-corrected chi connectivity index (χ2v) is 4.63. The maximum Gasteiger partial charge on any atom is 0.281 e. The highest BCUT2D eigenvalue weighted by Gasteiger charge is 2.23. The number of carbonyl (C=O) groups excluding carboxylic acids is 1. The molecular formula is C17H11NO3. The summed E-state index contributed by atoms with van der Waals surface area (Å²) in [5.41, 5.74) is 0.420. The van der Waals surface area contributed by atoms with E-state index >= 15 is 0 Å². The number of nitro benzene ring substituents is 1. The highest BCUT2D eigenvalue weighted by molar-refractivity contribution is 6.19. The summed E-state index contributed by atoms with van der Waals surface area (Å²) in [7, 11) is 0. The maximum atomic E-state index is 12.7. The molecule has 4 nitrogen and oxygen atoms in total. The van der Waals surface area contributed by atoms with Crippen molar-refractivity contribution < 1.29 is 9.72 Å². The topological polar surface area (TPSA) is 60.2 Å². The molecule has 3 aromatic rings. The minimum Gasteiger partial charge on any atom is -0.288 e. The zero-order chi connectivity index (χ0) is 14.8. The van der Waals surface area contributed by atoms with E-state index in [1.54, 1.807) is 48.5 Å². The first-order valence-electron chi connectivity index (χ1n) is 6.44. The first-order chi connectivity index (χ1) is 10.2. The van der Waals surface area contributed by atoms with Crippen LogP contribution in [-0.2, 0) is 0 Å². The molecule has 102 valence electrons. The molecule has 0 saturated carbocycles. The summed E-state index contributed by atoms with van der Waals surface area (Å²) < 4.78 is 0. The fraction of sp³-hybridized carbons (Fsp3) is 0. The number of nitro groups is 1. The lowest BCUT2D eigenvalue weighted by Gasteiger charge is -2.07. The van der Waals surface area contributed by atoms with Crippen LogP contribution in [0.15, 0.2) is 66.7 Å². The van der Waals surface area contributed by atoms with Gasteiger partial charge in [-0.1, -0.05) is 54.6 Å². The van der Waals surface area contributed by atoms with Gasteiger partial charge in [0.25, 0.3) is 5.69 Å². The normalized spacial score (nSPS) is 10.5. The van der Waals surface area contributed by atoms with E-state index in [1.807, 2.05) is 12.1 Å². The summed E-state index contributed by atoms with van der Waals surface area (Å²) in [4.78, 5) is 23.4. The highest BCUT2D eigenvalue weighted by atomic mass is 16.6. The van der Waals surface area contributed by atoms with Crippen LogP contribution in [0.25, 0.3) is 10.8 Å². The fourth-order valence-electron chi connectivity index (χ4n) is 2.38. The van der Waals surface area contributed by atoms with Gasteiger partial charge in [0.2, 0.25) is 5.78 Å². The molecule has 0 radical (unpaired) electrons. The molecule has 0 bridgehead atoms. The van der Waals surface area contributed by atoms with Crippen molar-refractivity contribution in [3.8, 4) is 0 Å². The first kappa shape index (κ1) is 13.0. The molecule has 0 aliphatic heterocycles. The van der Waals surface area contributed by atoms with E-state index < -0.39 is 4.92 Å². The Labute approximate surface area is 120 Å². The standard InChI is InChI=1S/C17H11NO3/c19-17(13-7-2-1-3-8-13)16-14-9-5-4-6-12(14)10-11-15(16)18(20)21/h1-11H. The van der Waals surface area contributed by atoms with Gasteiger partial charge in [-0.15, -0.1) is 0 Å². The summed E-state index contributed by atoms with van der Waals surface area (Å²) >= 11 is 0. The van der Waals surface area contributed by atoms with Crippen LogP contribution < -0.4 is 0 Å². The zero-order valence-electron chi connectivity index (χ0n) is 11.0. The van der Waals surface area contributed by atoms with E-state index in [2.05, 4.69) is 0 Å². The van der Waals surface area contributed by atoms with Crippen LogP contribution in [-0.4, -0.2) is 10.7 Å². The van der Waals surface area contributed by atoms with Crippen molar-refractivity contribution in [2.24, 2.45) is 0 Å². The third-order valence-corrected chi connectivity index (χ3v) is 3.37. The Balaban J connectivity index is 2.31. The number of benzene rings is 3. The number of carbonyl (C=O) groups is 1. The Morgan fingerprint density at radius 1 is 0.857 bits per heavy atom. The molecule has 0 heterocycles. The average molecular weight is 277 g/mol. The maximum absolute atomic E-state index is 12.7. The van der Waals surface area contributed by atoms with E-state index in [4.69, 9.17) is 0 Å². The van der Waals surface area contributed by atoms with Crippen molar-refractivity contribution in [3.63, 3.8) is 0 Å². The lowest BCUT2D eigenvalue weighted by atomic mass is 9.95. The minimum absolute atomic E-state index is 0.143. The second kappa shape index (κ2) is 5.17. The van der Waals surface area contributed by atoms with Gasteiger partial charge >= 0.3 is 0 Å². The van der Waals surface area contributed by atoms with E-state index in [-0.39, 0.29) is 17.0 Å². The number of hydrogen-bond donors (Lipinski definition) is 0. The van der Waals surface area contributed by atoms with Gasteiger partial charge in [-0.3, -0.25) is 14.9 Å². The predicted molar refractivity (Wildman–Crippen MR) is 80.5 cm³/mol. The summed E-state index contributed by atoms with van der Waals surface area (Å²) in [5, 5.41) is 12.7. The van der Waals surface area contributed by atoms with Gasteiger partial charge in [0.05, 0.1) is 4.92 Å². The molecule has 0 aromatic heterocycles. The van der Waals surface area contributed by atoms with E-state index in [0.29, 0.717) is 10.9 Å². The number of hydrogen-bond acceptors (Lipinski definition) is 3. The largest absolute Gasteiger partial charge is 0.288 e. The quantitative estimate of drug-likeness (QED) is 0.413. The molecule has 0 fully saturated rings. The fourth-order valence-corrected chi connectivity index (χ4v) is 2.38. The molecule has 0 spiro atoms. The van der Waals surface area contributed by atoms with Crippen LogP contribution in [0, 0.1) is 10.1 Å². The molecule has 3 rings (SSSR count). The van der Waals surface area contributed by atoms with Gasteiger partial charge in [0, 0.05) is 11.6 Å². The average Bonchev–Trinajstić information content (AvgIpc) is 2.53. The predicted octanol–water partition coefficient (Wildman–Crippen LogP) is 3.98. The molecule has 0 N–H and O–H groups in total. The number of nitrogens with zero attached hydrogens (tertiary/aromatic N) is 1. The number of rotatable bonds is 3. The van der Waals surface area contributed by atoms with Gasteiger partial charge in [-0.05, 0) is 16.8 Å². The third-order valence-electron chi connectivity index (χ3n) is 3.37. The Kier molecular flexibility index (Phi) is 3.20. The van der Waals surface area contributed by atoms with Gasteiger partial charge in [-0.25, -0.2) is 0 Å². The van der Waals surface area contributed by atoms with Gasteiger partial charge in [0.1, 0.15) is 5.56 Å². The van der Waals surface area contributed by atoms with E-state index in [9.17, 15) is 14.9 Å². The molecule has 0 atom stereocenters. The van der Waals surface area contributed by atoms with E-state index in [1.165, 1.54) is 6.07 Å². The summed E-state index contributed by atoms with van der Waals surface area (Å²) in [5.74, 6) is -0.334. The summed E-state index contributed by atoms with van der Waals surface area (Å²) in [6.07, 6.45) is 0. The Morgan fingerprint density at radius 2 is 1.52 bits per heavy atom. The SMILES string of the molecule is O=C(c1ccccc1)c1c([N+](=O)[O-])ccc2ccccc12. The van der Waals surface area contributed by atoms with Gasteiger partial charge in [-0.2, -0.15) is 0 Å². The van der Waals surface area contributed by atoms with Crippen molar-refractivity contribution in [3.05, 3.63) is 88.0 Å². The molecule has 0 amide bonds. The summed E-state index contributed by atoms with van der Waals surface area (Å²) in [6, 6.07) is 18.8. The lowest BCUT2D eigenvalue weighted by Crippen LogP contribution is -2.06. The van der Waals surface area contributed by atoms with Crippen LogP contribution >= 0.6 is 0 Å². The number of ketones is 1. The molecule has 0 saturated heterocycles. The minimum atomic E-state index is -0.511. The van der Waals surface area contributed by atoms with Gasteiger partial charge in [0.15, 0.2) is 0 Å². The van der Waals surface area contributed by atoms with Crippen molar-refractivity contribution in [1.82, 2.24) is 0 Å². The van der Waals surface area contributed by atoms with E-state index in [0.717, 1.165) is 5.39 Å². The van der Waals surface area contributed by atoms with Crippen LogP contribution in [0.4, 0.5) is 5.69 Å². The Bertz CT molecular complexity index is 841. The third kappa shape index (κ3) is 2.27. The molecule has 21 heavy (non-hydrogen) atoms. The molecule has 3 aromatic carbocycles. The Hall–Kier alpha value is -3.01. The lowest BCUT2D eigenvalue weighted by molar-refractivity contribution is -0.385. The molecule has 0 aliphatic rings. The molecule has 4 heteroatoms. The van der Waals surface area contributed by atoms with Crippen LogP contribution in [0.3, 0.4) is 0 Å². The molecular weight excluding hydrogens is 266 g/mol. The van der Waals surface area contributed by atoms with Crippen LogP contribution in [0.1, 0.15) is 15.9 Å². The number of fused-ring (bicyclic) bond motifs is 1. The van der Waals surface area contributed by atoms with Crippen LogP contribution in [0.2, 0.25) is 0 Å². The second-order valence-electron chi connectivity index (χ2n) is 4.63. The molecule has 0 unspecified atom stereocenters. The smallest absolute Gasteiger partial charge is 0.281 e. The monoisotopic (exact) mass is 277 g/mol. The molecule has 0 aliphatic carbocycles.